The number of benzene rings is 4. The van der Waals surface area contributed by atoms with Crippen molar-refractivity contribution >= 4 is 52.1 Å². The molecule has 330 valence electrons. The average molecular weight is 866 g/mol. The molecule has 1 unspecified atom stereocenters. The molecule has 0 radical (unpaired) electrons. The molecule has 4 aliphatic rings. The number of carboxylic acid groups (broad SMARTS) is 1. The Balaban J connectivity index is 0.000000785. The predicted octanol–water partition coefficient (Wildman–Crippen LogP) is 7.22. The number of carbonyl (C=O) groups is 5. The van der Waals surface area contributed by atoms with E-state index in [1.54, 1.807) is 24.3 Å². The van der Waals surface area contributed by atoms with Gasteiger partial charge in [0.25, 0.3) is 11.8 Å². The minimum absolute atomic E-state index is 0.104. The summed E-state index contributed by atoms with van der Waals surface area (Å²) in [5, 5.41) is 19.4. The number of carboxylic acids is 1. The first kappa shape index (κ1) is 44.6. The van der Waals surface area contributed by atoms with Crippen LogP contribution in [0.5, 0.6) is 5.75 Å². The standard InChI is InChI=1S/C46H49N5O5.C2HF3O2/c1-2-38(32-6-4-3-5-7-32)43(34-10-15-37(52)16-11-34)33-8-12-35(13-9-33)49-24-21-31(22-25-49)20-23-48-26-28-50(29-27-48)36-14-17-39-40(30-36)46(56)51(45(39)55)41-18-19-42(53)47-44(41)54;3-2(4,5)1(6)7/h3-17,30-31,41,52H,2,18-29H2,1H3,(H,47,53,54);(H,6,7)/b43-38+;. The Morgan fingerprint density at radius 3 is 1.87 bits per heavy atom. The van der Waals surface area contributed by atoms with E-state index in [4.69, 9.17) is 9.90 Å². The van der Waals surface area contributed by atoms with Gasteiger partial charge in [-0.3, -0.25) is 34.3 Å². The molecule has 0 aliphatic carbocycles. The maximum Gasteiger partial charge on any atom is 0.490 e. The summed E-state index contributed by atoms with van der Waals surface area (Å²) < 4.78 is 31.7. The Bertz CT molecular complexity index is 2350. The number of anilines is 2. The normalized spacial score (nSPS) is 19.0. The fourth-order valence-electron chi connectivity index (χ4n) is 8.88. The molecule has 4 aliphatic heterocycles. The fraction of sp³-hybridized carbons (Fsp3) is 0.354. The second-order valence-corrected chi connectivity index (χ2v) is 16.2. The highest BCUT2D eigenvalue weighted by molar-refractivity contribution is 6.23. The van der Waals surface area contributed by atoms with Crippen LogP contribution in [-0.2, 0) is 14.4 Å². The summed E-state index contributed by atoms with van der Waals surface area (Å²) in [6, 6.07) is 31.5. The molecular formula is C48H50F3N5O7. The molecule has 0 bridgehead atoms. The molecule has 0 spiro atoms. The van der Waals surface area contributed by atoms with Crippen LogP contribution in [0, 0.1) is 5.92 Å². The van der Waals surface area contributed by atoms with Crippen LogP contribution in [0.3, 0.4) is 0 Å². The molecule has 4 aromatic carbocycles. The third-order valence-electron chi connectivity index (χ3n) is 12.3. The zero-order valence-corrected chi connectivity index (χ0v) is 34.9. The highest BCUT2D eigenvalue weighted by Crippen LogP contribution is 2.37. The van der Waals surface area contributed by atoms with Gasteiger partial charge in [-0.25, -0.2) is 4.79 Å². The Labute approximate surface area is 363 Å². The number of aromatic hydroxyl groups is 1. The van der Waals surface area contributed by atoms with Gasteiger partial charge in [-0.15, -0.1) is 0 Å². The molecule has 8 rings (SSSR count). The van der Waals surface area contributed by atoms with Crippen molar-refractivity contribution in [3.8, 4) is 5.75 Å². The van der Waals surface area contributed by atoms with Gasteiger partial charge in [0, 0.05) is 57.1 Å². The summed E-state index contributed by atoms with van der Waals surface area (Å²) >= 11 is 0. The number of nitrogens with zero attached hydrogens (tertiary/aromatic N) is 4. The first-order valence-electron chi connectivity index (χ1n) is 21.3. The van der Waals surface area contributed by atoms with Crippen molar-refractivity contribution in [3.63, 3.8) is 0 Å². The molecule has 0 saturated carbocycles. The van der Waals surface area contributed by atoms with E-state index in [1.165, 1.54) is 47.2 Å². The number of phenolic OH excluding ortho intramolecular Hbond substituents is 1. The van der Waals surface area contributed by atoms with Crippen LogP contribution in [-0.4, -0.2) is 108 Å². The summed E-state index contributed by atoms with van der Waals surface area (Å²) in [6.07, 6.45) is -0.418. The van der Waals surface area contributed by atoms with E-state index < -0.39 is 35.9 Å². The highest BCUT2D eigenvalue weighted by atomic mass is 19.4. The molecule has 3 saturated heterocycles. The van der Waals surface area contributed by atoms with Crippen LogP contribution < -0.4 is 15.1 Å². The summed E-state index contributed by atoms with van der Waals surface area (Å²) in [5.74, 6) is -3.72. The monoisotopic (exact) mass is 865 g/mol. The zero-order chi connectivity index (χ0) is 44.8. The lowest BCUT2D eigenvalue weighted by Gasteiger charge is -2.38. The SMILES string of the molecule is CC/C(=C(\c1ccc(O)cc1)c1ccc(N2CCC(CCN3CCN(c4ccc5c(c4)C(=O)N(C4CCC(=O)NC4=O)C5=O)CC3)CC2)cc1)c1ccccc1.O=C(O)C(F)(F)F. The molecule has 3 N–H and O–H groups in total. The first-order chi connectivity index (χ1) is 30.2. The number of aliphatic carboxylic acids is 1. The number of alkyl halides is 3. The van der Waals surface area contributed by atoms with E-state index in [9.17, 15) is 37.5 Å². The highest BCUT2D eigenvalue weighted by Gasteiger charge is 2.45. The molecule has 63 heavy (non-hydrogen) atoms. The van der Waals surface area contributed by atoms with Crippen LogP contribution in [0.1, 0.15) is 82.9 Å². The quantitative estimate of drug-likeness (QED) is 0.110. The van der Waals surface area contributed by atoms with Gasteiger partial charge in [0.1, 0.15) is 11.8 Å². The minimum Gasteiger partial charge on any atom is -0.508 e. The second kappa shape index (κ2) is 19.3. The molecule has 1 atom stereocenters. The minimum atomic E-state index is -5.08. The Morgan fingerprint density at radius 1 is 0.714 bits per heavy atom. The number of imide groups is 2. The lowest BCUT2D eigenvalue weighted by Crippen LogP contribution is -2.54. The number of halogens is 3. The summed E-state index contributed by atoms with van der Waals surface area (Å²) in [6.45, 7) is 8.89. The number of carbonyl (C=O) groups excluding carboxylic acids is 4. The van der Waals surface area contributed by atoms with E-state index in [-0.39, 0.29) is 24.5 Å². The first-order valence-corrected chi connectivity index (χ1v) is 21.3. The number of allylic oxidation sites excluding steroid dienone is 1. The number of piperazine rings is 1. The second-order valence-electron chi connectivity index (χ2n) is 16.2. The average Bonchev–Trinajstić information content (AvgIpc) is 3.53. The summed E-state index contributed by atoms with van der Waals surface area (Å²) in [5.41, 5.74) is 8.76. The van der Waals surface area contributed by atoms with Crippen molar-refractivity contribution in [1.82, 2.24) is 15.1 Å². The molecule has 0 aromatic heterocycles. The predicted molar refractivity (Wildman–Crippen MR) is 232 cm³/mol. The smallest absolute Gasteiger partial charge is 0.490 e. The van der Waals surface area contributed by atoms with E-state index >= 15 is 0 Å². The number of hydrogen-bond donors (Lipinski definition) is 3. The number of rotatable bonds is 10. The van der Waals surface area contributed by atoms with Crippen molar-refractivity contribution < 1.29 is 47.4 Å². The van der Waals surface area contributed by atoms with Crippen molar-refractivity contribution in [2.45, 2.75) is 57.7 Å². The van der Waals surface area contributed by atoms with E-state index in [2.05, 4.69) is 75.5 Å². The molecule has 12 nitrogen and oxygen atoms in total. The Morgan fingerprint density at radius 2 is 1.29 bits per heavy atom. The number of phenols is 1. The van der Waals surface area contributed by atoms with Crippen LogP contribution >= 0.6 is 0 Å². The molecule has 15 heteroatoms. The number of amides is 4. The van der Waals surface area contributed by atoms with Crippen LogP contribution in [0.15, 0.2) is 97.1 Å². The maximum atomic E-state index is 13.3. The molecule has 4 amide bonds. The largest absolute Gasteiger partial charge is 0.508 e. The van der Waals surface area contributed by atoms with Gasteiger partial charge >= 0.3 is 12.1 Å². The van der Waals surface area contributed by atoms with Gasteiger partial charge in [-0.2, -0.15) is 13.2 Å². The molecular weight excluding hydrogens is 816 g/mol. The summed E-state index contributed by atoms with van der Waals surface area (Å²) in [7, 11) is 0. The van der Waals surface area contributed by atoms with Gasteiger partial charge in [-0.05, 0) is 115 Å². The van der Waals surface area contributed by atoms with Gasteiger partial charge in [-0.1, -0.05) is 61.5 Å². The number of nitrogens with one attached hydrogen (secondary N) is 1. The van der Waals surface area contributed by atoms with E-state index in [1.807, 2.05) is 24.3 Å². The van der Waals surface area contributed by atoms with Crippen molar-refractivity contribution in [2.75, 3.05) is 55.6 Å². The third kappa shape index (κ3) is 10.3. The molecule has 4 heterocycles. The van der Waals surface area contributed by atoms with E-state index in [0.29, 0.717) is 17.0 Å². The van der Waals surface area contributed by atoms with Gasteiger partial charge < -0.3 is 20.0 Å². The lowest BCUT2D eigenvalue weighted by atomic mass is 9.88. The van der Waals surface area contributed by atoms with Gasteiger partial charge in [0.2, 0.25) is 11.8 Å². The number of hydrogen-bond acceptors (Lipinski definition) is 9. The molecule has 3 fully saturated rings. The van der Waals surface area contributed by atoms with Crippen molar-refractivity contribution in [2.24, 2.45) is 5.92 Å². The number of fused-ring (bicyclic) bond motifs is 1. The number of piperidine rings is 2. The van der Waals surface area contributed by atoms with Crippen LogP contribution in [0.25, 0.3) is 11.1 Å². The van der Waals surface area contributed by atoms with E-state index in [0.717, 1.165) is 68.4 Å². The van der Waals surface area contributed by atoms with Gasteiger partial charge in [0.05, 0.1) is 11.1 Å². The Kier molecular flexibility index (Phi) is 13.6. The third-order valence-corrected chi connectivity index (χ3v) is 12.3. The Hall–Kier alpha value is -6.48. The summed E-state index contributed by atoms with van der Waals surface area (Å²) in [4.78, 5) is 67.8. The molecule has 4 aromatic rings. The zero-order valence-electron chi connectivity index (χ0n) is 34.9. The fourth-order valence-corrected chi connectivity index (χ4v) is 8.88. The van der Waals surface area contributed by atoms with Crippen molar-refractivity contribution in [3.05, 3.63) is 125 Å². The van der Waals surface area contributed by atoms with Crippen molar-refractivity contribution in [1.29, 1.82) is 0 Å². The lowest BCUT2D eigenvalue weighted by molar-refractivity contribution is -0.192. The van der Waals surface area contributed by atoms with Gasteiger partial charge in [0.15, 0.2) is 0 Å². The topological polar surface area (TPSA) is 151 Å². The van der Waals surface area contributed by atoms with Crippen LogP contribution in [0.2, 0.25) is 0 Å². The van der Waals surface area contributed by atoms with Crippen LogP contribution in [0.4, 0.5) is 24.5 Å². The maximum absolute atomic E-state index is 13.3.